The summed E-state index contributed by atoms with van der Waals surface area (Å²) in [6.45, 7) is 2.64. The zero-order chi connectivity index (χ0) is 31.4. The van der Waals surface area contributed by atoms with Crippen LogP contribution >= 0.6 is 0 Å². The Bertz CT molecular complexity index is 2070. The molecule has 222 valence electrons. The lowest BCUT2D eigenvalue weighted by Crippen LogP contribution is -2.66. The second kappa shape index (κ2) is 11.0. The Morgan fingerprint density at radius 2 is 0.745 bits per heavy atom. The number of hydrogen-bond donors (Lipinski definition) is 0. The molecule has 0 unspecified atom stereocenters. The van der Waals surface area contributed by atoms with Crippen molar-refractivity contribution in [2.24, 2.45) is 0 Å². The normalized spacial score (nSPS) is 13.1. The minimum atomic E-state index is -2.48. The van der Waals surface area contributed by atoms with Crippen LogP contribution in [0.1, 0.15) is 0 Å². The van der Waals surface area contributed by atoms with E-state index in [2.05, 4.69) is 198 Å². The Kier molecular flexibility index (Phi) is 6.51. The molecular formula is C43H33BN2Si. The van der Waals surface area contributed by atoms with Gasteiger partial charge in [0, 0.05) is 34.1 Å². The van der Waals surface area contributed by atoms with Crippen LogP contribution in [0.3, 0.4) is 0 Å². The second-order valence-electron chi connectivity index (χ2n) is 12.7. The molecule has 4 heteroatoms. The highest BCUT2D eigenvalue weighted by Gasteiger charge is 2.45. The van der Waals surface area contributed by atoms with E-state index in [1.165, 1.54) is 66.1 Å². The molecule has 2 nitrogen and oxygen atoms in total. The molecule has 0 aliphatic carbocycles. The molecule has 0 saturated heterocycles. The topological polar surface area (TPSA) is 6.48 Å². The molecule has 2 aliphatic heterocycles. The zero-order valence-corrected chi connectivity index (χ0v) is 27.3. The van der Waals surface area contributed by atoms with Gasteiger partial charge in [-0.3, -0.25) is 0 Å². The van der Waals surface area contributed by atoms with E-state index in [-0.39, 0.29) is 6.71 Å². The fourth-order valence-corrected chi connectivity index (χ4v) is 11.5. The summed E-state index contributed by atoms with van der Waals surface area (Å²) in [7, 11) is -2.48. The van der Waals surface area contributed by atoms with Crippen LogP contribution in [0.25, 0.3) is 0 Å². The Hall–Kier alpha value is -5.58. The number of anilines is 6. The van der Waals surface area contributed by atoms with Crippen molar-refractivity contribution >= 4 is 80.9 Å². The minimum Gasteiger partial charge on any atom is -0.311 e. The summed E-state index contributed by atoms with van der Waals surface area (Å²) in [5.41, 5.74) is 11.4. The van der Waals surface area contributed by atoms with Crippen molar-refractivity contribution in [3.8, 4) is 0 Å². The Morgan fingerprint density at radius 3 is 1.17 bits per heavy atom. The van der Waals surface area contributed by atoms with Gasteiger partial charge in [-0.15, -0.1) is 0 Å². The lowest BCUT2D eigenvalue weighted by molar-refractivity contribution is 1.26. The van der Waals surface area contributed by atoms with Crippen molar-refractivity contribution in [3.05, 3.63) is 182 Å². The van der Waals surface area contributed by atoms with Crippen molar-refractivity contribution in [2.75, 3.05) is 9.80 Å². The van der Waals surface area contributed by atoms with Gasteiger partial charge in [0.1, 0.15) is 8.07 Å². The van der Waals surface area contributed by atoms with Gasteiger partial charge in [-0.2, -0.15) is 0 Å². The Balaban J connectivity index is 1.43. The number of benzene rings is 7. The van der Waals surface area contributed by atoms with E-state index in [0.717, 1.165) is 0 Å². The summed E-state index contributed by atoms with van der Waals surface area (Å²) < 4.78 is 0. The average Bonchev–Trinajstić information content (AvgIpc) is 3.15. The predicted molar refractivity (Wildman–Crippen MR) is 204 cm³/mol. The summed E-state index contributed by atoms with van der Waals surface area (Å²) in [4.78, 5) is 5.02. The SMILES string of the molecule is C[Si](c1ccccc1)(c1ccccc1)c1cc2c3c(c1)N(c1ccccc1)c1ccccc1B3c1ccccc1N2c1ccccc1. The fraction of sp³-hybridized carbons (Fsp3) is 0.0233. The van der Waals surface area contributed by atoms with Crippen molar-refractivity contribution < 1.29 is 0 Å². The molecule has 2 heterocycles. The van der Waals surface area contributed by atoms with Crippen molar-refractivity contribution in [1.29, 1.82) is 0 Å². The first kappa shape index (κ1) is 27.7. The van der Waals surface area contributed by atoms with E-state index < -0.39 is 8.07 Å². The smallest absolute Gasteiger partial charge is 0.252 e. The molecule has 7 aromatic rings. The molecule has 0 fully saturated rings. The summed E-state index contributed by atoms with van der Waals surface area (Å²) in [6, 6.07) is 67.3. The molecule has 7 aromatic carbocycles. The zero-order valence-electron chi connectivity index (χ0n) is 26.3. The molecule has 0 spiro atoms. The van der Waals surface area contributed by atoms with Crippen LogP contribution in [0, 0.1) is 0 Å². The molecule has 2 aliphatic rings. The van der Waals surface area contributed by atoms with Crippen LogP contribution in [0.2, 0.25) is 6.55 Å². The molecule has 0 amide bonds. The van der Waals surface area contributed by atoms with Gasteiger partial charge in [-0.25, -0.2) is 0 Å². The van der Waals surface area contributed by atoms with Crippen molar-refractivity contribution in [3.63, 3.8) is 0 Å². The molecule has 0 radical (unpaired) electrons. The van der Waals surface area contributed by atoms with Crippen LogP contribution in [-0.4, -0.2) is 14.8 Å². The summed E-state index contributed by atoms with van der Waals surface area (Å²) in [5.74, 6) is 0. The summed E-state index contributed by atoms with van der Waals surface area (Å²) in [6.07, 6.45) is 0. The lowest BCUT2D eigenvalue weighted by Gasteiger charge is -2.45. The average molecular weight is 617 g/mol. The number of hydrogen-bond acceptors (Lipinski definition) is 2. The van der Waals surface area contributed by atoms with E-state index in [1.54, 1.807) is 0 Å². The van der Waals surface area contributed by atoms with Crippen molar-refractivity contribution in [1.82, 2.24) is 0 Å². The van der Waals surface area contributed by atoms with Gasteiger partial charge < -0.3 is 9.80 Å². The van der Waals surface area contributed by atoms with Crippen LogP contribution in [0.4, 0.5) is 34.1 Å². The molecular weight excluding hydrogens is 583 g/mol. The Labute approximate surface area is 278 Å². The van der Waals surface area contributed by atoms with E-state index >= 15 is 0 Å². The second-order valence-corrected chi connectivity index (χ2v) is 16.7. The molecule has 0 aromatic heterocycles. The van der Waals surface area contributed by atoms with Gasteiger partial charge in [0.25, 0.3) is 6.71 Å². The molecule has 0 bridgehead atoms. The van der Waals surface area contributed by atoms with E-state index in [4.69, 9.17) is 0 Å². The minimum absolute atomic E-state index is 0.114. The highest BCUT2D eigenvalue weighted by molar-refractivity contribution is 7.11. The van der Waals surface area contributed by atoms with Gasteiger partial charge in [0.2, 0.25) is 0 Å². The van der Waals surface area contributed by atoms with Gasteiger partial charge in [-0.1, -0.05) is 140 Å². The third kappa shape index (κ3) is 4.26. The fourth-order valence-electron chi connectivity index (χ4n) is 7.94. The maximum absolute atomic E-state index is 2.54. The van der Waals surface area contributed by atoms with Crippen molar-refractivity contribution in [2.45, 2.75) is 6.55 Å². The van der Waals surface area contributed by atoms with Gasteiger partial charge in [0.05, 0.1) is 0 Å². The van der Waals surface area contributed by atoms with Gasteiger partial charge in [0.15, 0.2) is 0 Å². The molecule has 0 N–H and O–H groups in total. The maximum atomic E-state index is 2.54. The third-order valence-electron chi connectivity index (χ3n) is 10.2. The van der Waals surface area contributed by atoms with Gasteiger partial charge in [-0.05, 0) is 80.5 Å². The molecule has 0 saturated carbocycles. The third-order valence-corrected chi connectivity index (χ3v) is 14.6. The summed E-state index contributed by atoms with van der Waals surface area (Å²) in [5, 5.41) is 4.20. The van der Waals surface area contributed by atoms with Crippen LogP contribution in [-0.2, 0) is 0 Å². The number of para-hydroxylation sites is 4. The standard InChI is InChI=1S/C43H33BN2Si/c1-47(34-22-10-4-11-23-34,35-24-12-5-13-25-35)36-30-41-43-42(31-36)46(33-20-8-3-9-21-33)40-29-17-15-27-38(40)44(43)37-26-14-16-28-39(37)45(41)32-18-6-2-7-19-32/h2-31H,1H3. The van der Waals surface area contributed by atoms with Crippen LogP contribution < -0.4 is 41.7 Å². The highest BCUT2D eigenvalue weighted by atomic mass is 28.3. The number of fused-ring (bicyclic) bond motifs is 4. The van der Waals surface area contributed by atoms with E-state index in [0.29, 0.717) is 0 Å². The lowest BCUT2D eigenvalue weighted by atomic mass is 9.33. The predicted octanol–water partition coefficient (Wildman–Crippen LogP) is 6.87. The van der Waals surface area contributed by atoms with E-state index in [9.17, 15) is 0 Å². The highest BCUT2D eigenvalue weighted by Crippen LogP contribution is 2.43. The maximum Gasteiger partial charge on any atom is 0.252 e. The van der Waals surface area contributed by atoms with E-state index in [1.807, 2.05) is 0 Å². The first-order valence-electron chi connectivity index (χ1n) is 16.4. The number of rotatable bonds is 5. The number of nitrogens with zero attached hydrogens (tertiary/aromatic N) is 2. The van der Waals surface area contributed by atoms with Gasteiger partial charge >= 0.3 is 0 Å². The van der Waals surface area contributed by atoms with Crippen LogP contribution in [0.5, 0.6) is 0 Å². The Morgan fingerprint density at radius 1 is 0.383 bits per heavy atom. The first-order valence-corrected chi connectivity index (χ1v) is 18.9. The largest absolute Gasteiger partial charge is 0.311 e. The monoisotopic (exact) mass is 616 g/mol. The quantitative estimate of drug-likeness (QED) is 0.154. The molecule has 0 atom stereocenters. The summed E-state index contributed by atoms with van der Waals surface area (Å²) >= 11 is 0. The van der Waals surface area contributed by atoms with Crippen LogP contribution in [0.15, 0.2) is 182 Å². The first-order chi connectivity index (χ1) is 23.2. The molecule has 9 rings (SSSR count). The molecule has 47 heavy (non-hydrogen) atoms.